The van der Waals surface area contributed by atoms with Gasteiger partial charge in [0.2, 0.25) is 5.91 Å². The van der Waals surface area contributed by atoms with Crippen molar-refractivity contribution < 1.29 is 28.9 Å². The van der Waals surface area contributed by atoms with E-state index in [-0.39, 0.29) is 30.6 Å². The van der Waals surface area contributed by atoms with E-state index in [1.807, 2.05) is 0 Å². The topological polar surface area (TPSA) is 88.0 Å². The first-order valence-corrected chi connectivity index (χ1v) is 5.97. The standard InChI is InChI=1S/C13H18FNO5/c1-8(16)15-6-12(17)13(18)10-4-3-9(5-11(10)14)20-7-19-2/h3-5,12-13,17-18H,6-7H2,1-2H3,(H,15,16). The van der Waals surface area contributed by atoms with Crippen LogP contribution in [0.1, 0.15) is 18.6 Å². The molecule has 0 spiro atoms. The maximum atomic E-state index is 13.8. The van der Waals surface area contributed by atoms with Crippen molar-refractivity contribution in [2.24, 2.45) is 0 Å². The highest BCUT2D eigenvalue weighted by Crippen LogP contribution is 2.24. The number of ether oxygens (including phenoxy) is 2. The van der Waals surface area contributed by atoms with Crippen LogP contribution in [0.15, 0.2) is 18.2 Å². The molecule has 6 nitrogen and oxygen atoms in total. The van der Waals surface area contributed by atoms with E-state index >= 15 is 0 Å². The molecule has 2 atom stereocenters. The third-order valence-corrected chi connectivity index (χ3v) is 2.56. The third kappa shape index (κ3) is 4.76. The molecule has 0 bridgehead atoms. The summed E-state index contributed by atoms with van der Waals surface area (Å²) in [5.74, 6) is -0.815. The Bertz CT molecular complexity index is 454. The van der Waals surface area contributed by atoms with Gasteiger partial charge in [-0.15, -0.1) is 0 Å². The Labute approximate surface area is 116 Å². The molecule has 0 radical (unpaired) electrons. The first kappa shape index (κ1) is 16.4. The lowest BCUT2D eigenvalue weighted by atomic mass is 10.0. The largest absolute Gasteiger partial charge is 0.467 e. The predicted molar refractivity (Wildman–Crippen MR) is 68.6 cm³/mol. The van der Waals surface area contributed by atoms with Gasteiger partial charge in [0.25, 0.3) is 0 Å². The first-order chi connectivity index (χ1) is 9.45. The molecule has 1 aromatic carbocycles. The third-order valence-electron chi connectivity index (χ3n) is 2.56. The summed E-state index contributed by atoms with van der Waals surface area (Å²) >= 11 is 0. The molecule has 1 amide bonds. The number of nitrogens with one attached hydrogen (secondary N) is 1. The van der Waals surface area contributed by atoms with Crippen molar-refractivity contribution >= 4 is 5.91 Å². The number of amides is 1. The maximum absolute atomic E-state index is 13.8. The van der Waals surface area contributed by atoms with Crippen LogP contribution in [0.25, 0.3) is 0 Å². The molecule has 1 rings (SSSR count). The molecule has 3 N–H and O–H groups in total. The van der Waals surface area contributed by atoms with Gasteiger partial charge < -0.3 is 25.0 Å². The molecule has 0 aliphatic carbocycles. The molecule has 0 fully saturated rings. The summed E-state index contributed by atoms with van der Waals surface area (Å²) in [6.07, 6.45) is -2.75. The zero-order chi connectivity index (χ0) is 15.1. The highest BCUT2D eigenvalue weighted by atomic mass is 19.1. The van der Waals surface area contributed by atoms with Crippen molar-refractivity contribution in [3.63, 3.8) is 0 Å². The Balaban J connectivity index is 2.72. The summed E-state index contributed by atoms with van der Waals surface area (Å²) in [5, 5.41) is 21.9. The maximum Gasteiger partial charge on any atom is 0.216 e. The second kappa shape index (κ2) is 7.78. The summed E-state index contributed by atoms with van der Waals surface area (Å²) < 4.78 is 23.5. The van der Waals surface area contributed by atoms with Crippen LogP contribution in [0.2, 0.25) is 0 Å². The minimum Gasteiger partial charge on any atom is -0.467 e. The van der Waals surface area contributed by atoms with Crippen LogP contribution in [-0.2, 0) is 9.53 Å². The van der Waals surface area contributed by atoms with Gasteiger partial charge in [0.05, 0.1) is 0 Å². The van der Waals surface area contributed by atoms with Crippen molar-refractivity contribution in [1.29, 1.82) is 0 Å². The number of aliphatic hydroxyl groups excluding tert-OH is 2. The molecule has 0 saturated carbocycles. The molecule has 7 heteroatoms. The highest BCUT2D eigenvalue weighted by molar-refractivity contribution is 5.72. The second-order valence-corrected chi connectivity index (χ2v) is 4.18. The average Bonchev–Trinajstić information content (AvgIpc) is 2.41. The number of hydrogen-bond acceptors (Lipinski definition) is 5. The fourth-order valence-corrected chi connectivity index (χ4v) is 1.53. The van der Waals surface area contributed by atoms with Gasteiger partial charge in [0, 0.05) is 32.2 Å². The molecular weight excluding hydrogens is 269 g/mol. The van der Waals surface area contributed by atoms with Crippen molar-refractivity contribution in [3.8, 4) is 5.75 Å². The Morgan fingerprint density at radius 3 is 2.70 bits per heavy atom. The number of hydrogen-bond donors (Lipinski definition) is 3. The van der Waals surface area contributed by atoms with Crippen LogP contribution in [-0.4, -0.2) is 42.7 Å². The zero-order valence-electron chi connectivity index (χ0n) is 11.3. The summed E-state index contributed by atoms with van der Waals surface area (Å²) in [4.78, 5) is 10.7. The Morgan fingerprint density at radius 1 is 1.45 bits per heavy atom. The van der Waals surface area contributed by atoms with E-state index in [1.165, 1.54) is 26.2 Å². The molecule has 0 heterocycles. The van der Waals surface area contributed by atoms with E-state index in [0.717, 1.165) is 6.07 Å². The molecule has 0 saturated heterocycles. The second-order valence-electron chi connectivity index (χ2n) is 4.18. The van der Waals surface area contributed by atoms with Crippen LogP contribution in [0.3, 0.4) is 0 Å². The van der Waals surface area contributed by atoms with E-state index < -0.39 is 18.0 Å². The minimum atomic E-state index is -1.45. The van der Waals surface area contributed by atoms with E-state index in [9.17, 15) is 19.4 Å². The molecule has 20 heavy (non-hydrogen) atoms. The van der Waals surface area contributed by atoms with Crippen LogP contribution >= 0.6 is 0 Å². The van der Waals surface area contributed by atoms with Gasteiger partial charge in [-0.25, -0.2) is 4.39 Å². The van der Waals surface area contributed by atoms with E-state index in [4.69, 9.17) is 4.74 Å². The van der Waals surface area contributed by atoms with E-state index in [1.54, 1.807) is 0 Å². The van der Waals surface area contributed by atoms with Crippen molar-refractivity contribution in [3.05, 3.63) is 29.6 Å². The van der Waals surface area contributed by atoms with E-state index in [2.05, 4.69) is 10.1 Å². The van der Waals surface area contributed by atoms with Gasteiger partial charge >= 0.3 is 0 Å². The Hall–Kier alpha value is -1.70. The number of carbonyl (C=O) groups is 1. The molecule has 0 aromatic heterocycles. The quantitative estimate of drug-likeness (QED) is 0.629. The van der Waals surface area contributed by atoms with Crippen LogP contribution in [0.5, 0.6) is 5.75 Å². The van der Waals surface area contributed by atoms with Crippen LogP contribution in [0.4, 0.5) is 4.39 Å². The van der Waals surface area contributed by atoms with Crippen LogP contribution in [0, 0.1) is 5.82 Å². The predicted octanol–water partition coefficient (Wildman–Crippen LogP) is 0.339. The Kier molecular flexibility index (Phi) is 6.37. The van der Waals surface area contributed by atoms with Gasteiger partial charge in [-0.3, -0.25) is 4.79 Å². The van der Waals surface area contributed by atoms with Gasteiger partial charge in [-0.2, -0.15) is 0 Å². The van der Waals surface area contributed by atoms with Gasteiger partial charge in [0.1, 0.15) is 23.8 Å². The molecule has 112 valence electrons. The van der Waals surface area contributed by atoms with Gasteiger partial charge in [0.15, 0.2) is 6.79 Å². The summed E-state index contributed by atoms with van der Waals surface area (Å²) in [5.41, 5.74) is -0.0763. The average molecular weight is 287 g/mol. The molecule has 2 unspecified atom stereocenters. The summed E-state index contributed by atoms with van der Waals surface area (Å²) in [6.45, 7) is 1.09. The first-order valence-electron chi connectivity index (χ1n) is 5.97. The summed E-state index contributed by atoms with van der Waals surface area (Å²) in [7, 11) is 1.44. The zero-order valence-corrected chi connectivity index (χ0v) is 11.3. The molecule has 0 aliphatic heterocycles. The molecular formula is C13H18FNO5. The smallest absolute Gasteiger partial charge is 0.216 e. The fraction of sp³-hybridized carbons (Fsp3) is 0.462. The number of benzene rings is 1. The normalized spacial score (nSPS) is 13.7. The number of aliphatic hydroxyl groups is 2. The number of halogens is 1. The SMILES string of the molecule is COCOc1ccc(C(O)C(O)CNC(C)=O)c(F)c1. The Morgan fingerprint density at radius 2 is 2.15 bits per heavy atom. The monoisotopic (exact) mass is 287 g/mol. The summed E-state index contributed by atoms with van der Waals surface area (Å²) in [6, 6.07) is 3.84. The minimum absolute atomic E-state index is 0.0213. The van der Waals surface area contributed by atoms with Gasteiger partial charge in [-0.05, 0) is 12.1 Å². The van der Waals surface area contributed by atoms with Gasteiger partial charge in [-0.1, -0.05) is 0 Å². The van der Waals surface area contributed by atoms with Crippen molar-refractivity contribution in [2.75, 3.05) is 20.4 Å². The lowest BCUT2D eigenvalue weighted by Crippen LogP contribution is -2.34. The van der Waals surface area contributed by atoms with Crippen molar-refractivity contribution in [2.45, 2.75) is 19.1 Å². The van der Waals surface area contributed by atoms with Crippen molar-refractivity contribution in [1.82, 2.24) is 5.32 Å². The number of carbonyl (C=O) groups excluding carboxylic acids is 1. The number of methoxy groups -OCH3 is 1. The fourth-order valence-electron chi connectivity index (χ4n) is 1.53. The van der Waals surface area contributed by atoms with E-state index in [0.29, 0.717) is 0 Å². The lowest BCUT2D eigenvalue weighted by molar-refractivity contribution is -0.119. The highest BCUT2D eigenvalue weighted by Gasteiger charge is 2.22. The number of rotatable bonds is 7. The lowest BCUT2D eigenvalue weighted by Gasteiger charge is -2.19. The molecule has 0 aliphatic rings. The molecule has 1 aromatic rings. The van der Waals surface area contributed by atoms with Crippen LogP contribution < -0.4 is 10.1 Å².